The molecule has 0 unspecified atom stereocenters. The summed E-state index contributed by atoms with van der Waals surface area (Å²) in [6.07, 6.45) is 0. The highest BCUT2D eigenvalue weighted by Crippen LogP contribution is 2.31. The number of para-hydroxylation sites is 2. The Bertz CT molecular complexity index is 1580. The third-order valence-corrected chi connectivity index (χ3v) is 7.09. The Hall–Kier alpha value is -4.05. The maximum atomic E-state index is 13.5. The maximum absolute atomic E-state index is 13.5. The van der Waals surface area contributed by atoms with Crippen LogP contribution in [0.2, 0.25) is 0 Å². The van der Waals surface area contributed by atoms with Crippen molar-refractivity contribution >= 4 is 32.5 Å². The Morgan fingerprint density at radius 1 is 0.939 bits per heavy atom. The lowest BCUT2D eigenvalue weighted by Crippen LogP contribution is -2.28. The summed E-state index contributed by atoms with van der Waals surface area (Å²) in [5.41, 5.74) is 2.13. The third-order valence-electron chi connectivity index (χ3n) is 5.33. The van der Waals surface area contributed by atoms with Crippen LogP contribution in [0.15, 0.2) is 77.7 Å². The number of methoxy groups -OCH3 is 1. The van der Waals surface area contributed by atoms with Crippen molar-refractivity contribution in [3.05, 3.63) is 78.6 Å². The Morgan fingerprint density at radius 3 is 2.33 bits per heavy atom. The molecule has 0 saturated carbocycles. The minimum absolute atomic E-state index is 0.0807. The van der Waals surface area contributed by atoms with Crippen molar-refractivity contribution in [2.45, 2.75) is 4.90 Å². The monoisotopic (exact) mass is 463 g/mol. The molecule has 33 heavy (non-hydrogen) atoms. The van der Waals surface area contributed by atoms with E-state index in [1.807, 2.05) is 18.2 Å². The molecule has 8 nitrogen and oxygen atoms in total. The SMILES string of the molecule is COc1ccc(S(=O)(=O)N(C)c2nc3ccccc3n3c(-c4ccc(F)cc4)nnc23)cc1. The largest absolute Gasteiger partial charge is 0.497 e. The van der Waals surface area contributed by atoms with Gasteiger partial charge < -0.3 is 4.74 Å². The summed E-state index contributed by atoms with van der Waals surface area (Å²) in [5, 5.41) is 8.53. The second-order valence-corrected chi connectivity index (χ2v) is 9.23. The Kier molecular flexibility index (Phi) is 4.94. The number of hydrogen-bond acceptors (Lipinski definition) is 6. The van der Waals surface area contributed by atoms with Crippen LogP contribution in [-0.4, -0.2) is 42.2 Å². The zero-order chi connectivity index (χ0) is 23.2. The zero-order valence-electron chi connectivity index (χ0n) is 17.7. The van der Waals surface area contributed by atoms with Crippen LogP contribution in [0.3, 0.4) is 0 Å². The minimum Gasteiger partial charge on any atom is -0.497 e. The number of fused-ring (bicyclic) bond motifs is 3. The van der Waals surface area contributed by atoms with Crippen LogP contribution in [0.1, 0.15) is 0 Å². The molecule has 0 aliphatic rings. The molecule has 0 aliphatic carbocycles. The van der Waals surface area contributed by atoms with Gasteiger partial charge in [-0.25, -0.2) is 22.1 Å². The van der Waals surface area contributed by atoms with E-state index < -0.39 is 10.0 Å². The van der Waals surface area contributed by atoms with Gasteiger partial charge in [-0.15, -0.1) is 10.2 Å². The summed E-state index contributed by atoms with van der Waals surface area (Å²) in [6, 6.07) is 19.2. The Labute approximate surface area is 189 Å². The minimum atomic E-state index is -3.95. The van der Waals surface area contributed by atoms with Crippen LogP contribution < -0.4 is 9.04 Å². The van der Waals surface area contributed by atoms with Gasteiger partial charge in [0.15, 0.2) is 11.6 Å². The number of halogens is 1. The van der Waals surface area contributed by atoms with Gasteiger partial charge in [0.05, 0.1) is 23.0 Å². The highest BCUT2D eigenvalue weighted by atomic mass is 32.2. The van der Waals surface area contributed by atoms with Crippen LogP contribution in [0.5, 0.6) is 5.75 Å². The van der Waals surface area contributed by atoms with Crippen LogP contribution in [-0.2, 0) is 10.0 Å². The van der Waals surface area contributed by atoms with E-state index in [-0.39, 0.29) is 22.2 Å². The van der Waals surface area contributed by atoms with Crippen molar-refractivity contribution in [3.8, 4) is 17.1 Å². The van der Waals surface area contributed by atoms with Gasteiger partial charge in [-0.05, 0) is 60.7 Å². The predicted molar refractivity (Wildman–Crippen MR) is 122 cm³/mol. The number of sulfonamides is 1. The molecular formula is C23H18FN5O3S. The molecule has 0 radical (unpaired) electrons. The highest BCUT2D eigenvalue weighted by Gasteiger charge is 2.27. The molecule has 0 saturated heterocycles. The van der Waals surface area contributed by atoms with E-state index in [2.05, 4.69) is 15.2 Å². The van der Waals surface area contributed by atoms with Crippen LogP contribution >= 0.6 is 0 Å². The molecular weight excluding hydrogens is 445 g/mol. The van der Waals surface area contributed by atoms with Crippen LogP contribution in [0.4, 0.5) is 10.2 Å². The van der Waals surface area contributed by atoms with Gasteiger partial charge >= 0.3 is 0 Å². The second-order valence-electron chi connectivity index (χ2n) is 7.26. The van der Waals surface area contributed by atoms with Crippen molar-refractivity contribution in [1.29, 1.82) is 0 Å². The van der Waals surface area contributed by atoms with Crippen molar-refractivity contribution in [1.82, 2.24) is 19.6 Å². The molecule has 5 aromatic rings. The molecule has 0 spiro atoms. The first-order valence-corrected chi connectivity index (χ1v) is 11.4. The topological polar surface area (TPSA) is 89.7 Å². The normalized spacial score (nSPS) is 11.7. The van der Waals surface area contributed by atoms with E-state index in [0.29, 0.717) is 28.2 Å². The van der Waals surface area contributed by atoms with Gasteiger partial charge in [0.25, 0.3) is 10.0 Å². The van der Waals surface area contributed by atoms with Crippen molar-refractivity contribution in [2.75, 3.05) is 18.5 Å². The molecule has 2 aromatic heterocycles. The standard InChI is InChI=1S/C23H18FN5O3S/c1-28(33(30,31)18-13-11-17(32-2)12-14-18)22-23-27-26-21(15-7-9-16(24)10-8-15)29(23)20-6-4-3-5-19(20)25-22/h3-14H,1-2H3. The first-order valence-electron chi connectivity index (χ1n) is 9.93. The summed E-state index contributed by atoms with van der Waals surface area (Å²) < 4.78 is 48.1. The maximum Gasteiger partial charge on any atom is 0.265 e. The lowest BCUT2D eigenvalue weighted by atomic mass is 10.2. The molecule has 3 aromatic carbocycles. The van der Waals surface area contributed by atoms with Crippen LogP contribution in [0.25, 0.3) is 28.1 Å². The van der Waals surface area contributed by atoms with Crippen molar-refractivity contribution in [3.63, 3.8) is 0 Å². The number of rotatable bonds is 5. The van der Waals surface area contributed by atoms with Crippen molar-refractivity contribution in [2.24, 2.45) is 0 Å². The summed E-state index contributed by atoms with van der Waals surface area (Å²) in [6.45, 7) is 0. The van der Waals surface area contributed by atoms with E-state index >= 15 is 0 Å². The number of benzene rings is 3. The van der Waals surface area contributed by atoms with Gasteiger partial charge in [-0.2, -0.15) is 0 Å². The molecule has 0 aliphatic heterocycles. The lowest BCUT2D eigenvalue weighted by Gasteiger charge is -2.20. The van der Waals surface area contributed by atoms with E-state index in [4.69, 9.17) is 4.74 Å². The van der Waals surface area contributed by atoms with E-state index in [9.17, 15) is 12.8 Å². The summed E-state index contributed by atoms with van der Waals surface area (Å²) in [5.74, 6) is 0.736. The predicted octanol–water partition coefficient (Wildman–Crippen LogP) is 3.92. The third kappa shape index (κ3) is 3.44. The lowest BCUT2D eigenvalue weighted by molar-refractivity contribution is 0.414. The number of aromatic nitrogens is 4. The molecule has 5 rings (SSSR count). The quantitative estimate of drug-likeness (QED) is 0.393. The molecule has 2 heterocycles. The number of anilines is 1. The van der Waals surface area contributed by atoms with E-state index in [1.165, 1.54) is 38.4 Å². The van der Waals surface area contributed by atoms with E-state index in [0.717, 1.165) is 4.31 Å². The molecule has 0 amide bonds. The summed E-state index contributed by atoms with van der Waals surface area (Å²) in [7, 11) is -1.02. The van der Waals surface area contributed by atoms with Crippen LogP contribution in [0, 0.1) is 5.82 Å². The molecule has 10 heteroatoms. The average molecular weight is 463 g/mol. The molecule has 0 fully saturated rings. The number of hydrogen-bond donors (Lipinski definition) is 0. The first kappa shape index (κ1) is 20.8. The first-order chi connectivity index (χ1) is 15.9. The van der Waals surface area contributed by atoms with Gasteiger partial charge in [-0.1, -0.05) is 12.1 Å². The molecule has 0 bridgehead atoms. The Morgan fingerprint density at radius 2 is 1.64 bits per heavy atom. The zero-order valence-corrected chi connectivity index (χ0v) is 18.5. The fraction of sp³-hybridized carbons (Fsp3) is 0.0870. The highest BCUT2D eigenvalue weighted by molar-refractivity contribution is 7.92. The molecule has 166 valence electrons. The number of ether oxygens (including phenoxy) is 1. The van der Waals surface area contributed by atoms with Gasteiger partial charge in [0.1, 0.15) is 11.6 Å². The van der Waals surface area contributed by atoms with Crippen molar-refractivity contribution < 1.29 is 17.5 Å². The molecule has 0 atom stereocenters. The van der Waals surface area contributed by atoms with Gasteiger partial charge in [-0.3, -0.25) is 4.40 Å². The van der Waals surface area contributed by atoms with Gasteiger partial charge in [0, 0.05) is 12.6 Å². The summed E-state index contributed by atoms with van der Waals surface area (Å²) >= 11 is 0. The van der Waals surface area contributed by atoms with Gasteiger partial charge in [0.2, 0.25) is 5.65 Å². The second kappa shape index (κ2) is 7.82. The van der Waals surface area contributed by atoms with E-state index in [1.54, 1.807) is 34.7 Å². The fourth-order valence-electron chi connectivity index (χ4n) is 3.59. The average Bonchev–Trinajstić information content (AvgIpc) is 3.29. The number of nitrogens with zero attached hydrogens (tertiary/aromatic N) is 5. The molecule has 0 N–H and O–H groups in total. The summed E-state index contributed by atoms with van der Waals surface area (Å²) in [4.78, 5) is 4.67. The fourth-order valence-corrected chi connectivity index (χ4v) is 4.73. The smallest absolute Gasteiger partial charge is 0.265 e. The Balaban J connectivity index is 1.73.